The molecule has 1 aromatic carbocycles. The van der Waals surface area contributed by atoms with Crippen molar-refractivity contribution in [2.45, 2.75) is 26.4 Å². The molecule has 0 saturated carbocycles. The Balaban J connectivity index is 1.83. The van der Waals surface area contributed by atoms with Gasteiger partial charge in [-0.1, -0.05) is 19.1 Å². The SMILES string of the molecule is CCc1cnc(CNCc2ccc(C(N)=O)cc2)o1. The summed E-state index contributed by atoms with van der Waals surface area (Å²) in [6, 6.07) is 7.19. The Hall–Kier alpha value is -2.14. The minimum Gasteiger partial charge on any atom is -0.444 e. The molecule has 0 aliphatic carbocycles. The zero-order valence-electron chi connectivity index (χ0n) is 10.8. The second-order valence-corrected chi connectivity index (χ2v) is 4.24. The summed E-state index contributed by atoms with van der Waals surface area (Å²) in [5.41, 5.74) is 6.77. The number of hydrogen-bond donors (Lipinski definition) is 2. The van der Waals surface area contributed by atoms with Gasteiger partial charge in [0.1, 0.15) is 5.76 Å². The van der Waals surface area contributed by atoms with Gasteiger partial charge < -0.3 is 15.5 Å². The first-order valence-electron chi connectivity index (χ1n) is 6.22. The van der Waals surface area contributed by atoms with E-state index in [4.69, 9.17) is 10.2 Å². The fourth-order valence-electron chi connectivity index (χ4n) is 1.69. The van der Waals surface area contributed by atoms with Gasteiger partial charge >= 0.3 is 0 Å². The molecular weight excluding hydrogens is 242 g/mol. The summed E-state index contributed by atoms with van der Waals surface area (Å²) in [4.78, 5) is 15.1. The molecule has 2 rings (SSSR count). The zero-order valence-corrected chi connectivity index (χ0v) is 10.8. The maximum absolute atomic E-state index is 10.9. The fourth-order valence-corrected chi connectivity index (χ4v) is 1.69. The summed E-state index contributed by atoms with van der Waals surface area (Å²) in [5, 5.41) is 3.23. The normalized spacial score (nSPS) is 10.6. The Morgan fingerprint density at radius 1 is 1.32 bits per heavy atom. The third kappa shape index (κ3) is 3.66. The number of carbonyl (C=O) groups excluding carboxylic acids is 1. The molecular formula is C14H17N3O2. The van der Waals surface area contributed by atoms with E-state index in [0.29, 0.717) is 24.5 Å². The molecule has 0 unspecified atom stereocenters. The van der Waals surface area contributed by atoms with Crippen molar-refractivity contribution < 1.29 is 9.21 Å². The number of amides is 1. The standard InChI is InChI=1S/C14H17N3O2/c1-2-12-8-17-13(19-12)9-16-7-10-3-5-11(6-4-10)14(15)18/h3-6,8,16H,2,7,9H2,1H3,(H2,15,18). The number of rotatable bonds is 6. The van der Waals surface area contributed by atoms with Crippen LogP contribution in [0.2, 0.25) is 0 Å². The molecule has 0 aliphatic heterocycles. The van der Waals surface area contributed by atoms with Gasteiger partial charge in [0.2, 0.25) is 11.8 Å². The van der Waals surface area contributed by atoms with Gasteiger partial charge in [-0.25, -0.2) is 4.98 Å². The lowest BCUT2D eigenvalue weighted by atomic mass is 10.1. The van der Waals surface area contributed by atoms with Crippen molar-refractivity contribution in [3.05, 3.63) is 53.2 Å². The Kier molecular flexibility index (Phi) is 4.30. The molecule has 0 aliphatic rings. The highest BCUT2D eigenvalue weighted by atomic mass is 16.4. The molecule has 19 heavy (non-hydrogen) atoms. The van der Waals surface area contributed by atoms with Crippen LogP contribution in [0.15, 0.2) is 34.9 Å². The minimum atomic E-state index is -0.411. The number of oxazole rings is 1. The van der Waals surface area contributed by atoms with E-state index >= 15 is 0 Å². The number of primary amides is 1. The number of nitrogens with zero attached hydrogens (tertiary/aromatic N) is 1. The third-order valence-corrected chi connectivity index (χ3v) is 2.79. The Morgan fingerprint density at radius 3 is 2.63 bits per heavy atom. The molecule has 0 bridgehead atoms. The van der Waals surface area contributed by atoms with Crippen LogP contribution in [0.25, 0.3) is 0 Å². The van der Waals surface area contributed by atoms with Gasteiger partial charge in [-0.05, 0) is 17.7 Å². The van der Waals surface area contributed by atoms with Crippen LogP contribution in [0.5, 0.6) is 0 Å². The van der Waals surface area contributed by atoms with E-state index in [-0.39, 0.29) is 0 Å². The van der Waals surface area contributed by atoms with Crippen molar-refractivity contribution in [1.29, 1.82) is 0 Å². The van der Waals surface area contributed by atoms with Crippen molar-refractivity contribution >= 4 is 5.91 Å². The highest BCUT2D eigenvalue weighted by Crippen LogP contribution is 2.06. The third-order valence-electron chi connectivity index (χ3n) is 2.79. The van der Waals surface area contributed by atoms with E-state index in [1.54, 1.807) is 18.3 Å². The topological polar surface area (TPSA) is 81.1 Å². The summed E-state index contributed by atoms with van der Waals surface area (Å²) >= 11 is 0. The smallest absolute Gasteiger partial charge is 0.248 e. The lowest BCUT2D eigenvalue weighted by Gasteiger charge is -2.03. The zero-order chi connectivity index (χ0) is 13.7. The molecule has 1 aromatic heterocycles. The van der Waals surface area contributed by atoms with E-state index in [1.807, 2.05) is 19.1 Å². The van der Waals surface area contributed by atoms with Crippen molar-refractivity contribution in [3.8, 4) is 0 Å². The molecule has 1 heterocycles. The number of nitrogens with one attached hydrogen (secondary N) is 1. The molecule has 0 spiro atoms. The largest absolute Gasteiger partial charge is 0.444 e. The van der Waals surface area contributed by atoms with E-state index in [9.17, 15) is 4.79 Å². The Labute approximate surface area is 111 Å². The Morgan fingerprint density at radius 2 is 2.05 bits per heavy atom. The van der Waals surface area contributed by atoms with Gasteiger partial charge in [-0.3, -0.25) is 4.79 Å². The number of hydrogen-bond acceptors (Lipinski definition) is 4. The molecule has 1 amide bonds. The predicted octanol–water partition coefficient (Wildman–Crippen LogP) is 1.63. The first-order valence-corrected chi connectivity index (χ1v) is 6.22. The quantitative estimate of drug-likeness (QED) is 0.826. The van der Waals surface area contributed by atoms with E-state index in [2.05, 4.69) is 10.3 Å². The van der Waals surface area contributed by atoms with Crippen LogP contribution in [-0.4, -0.2) is 10.9 Å². The van der Waals surface area contributed by atoms with Gasteiger partial charge in [-0.2, -0.15) is 0 Å². The van der Waals surface area contributed by atoms with Crippen molar-refractivity contribution in [2.24, 2.45) is 5.73 Å². The monoisotopic (exact) mass is 259 g/mol. The van der Waals surface area contributed by atoms with E-state index in [0.717, 1.165) is 17.7 Å². The van der Waals surface area contributed by atoms with Gasteiger partial charge in [0.05, 0.1) is 12.7 Å². The first-order chi connectivity index (χ1) is 9.19. The van der Waals surface area contributed by atoms with Crippen LogP contribution < -0.4 is 11.1 Å². The van der Waals surface area contributed by atoms with Gasteiger partial charge in [0, 0.05) is 18.5 Å². The number of carbonyl (C=O) groups is 1. The second kappa shape index (κ2) is 6.15. The van der Waals surface area contributed by atoms with Crippen LogP contribution in [0, 0.1) is 0 Å². The summed E-state index contributed by atoms with van der Waals surface area (Å²) in [6.45, 7) is 3.29. The number of benzene rings is 1. The summed E-state index contributed by atoms with van der Waals surface area (Å²) < 4.78 is 5.49. The van der Waals surface area contributed by atoms with Crippen LogP contribution in [0.4, 0.5) is 0 Å². The highest BCUT2D eigenvalue weighted by molar-refractivity contribution is 5.92. The van der Waals surface area contributed by atoms with Crippen molar-refractivity contribution in [2.75, 3.05) is 0 Å². The van der Waals surface area contributed by atoms with E-state index in [1.165, 1.54) is 0 Å². The lowest BCUT2D eigenvalue weighted by molar-refractivity contribution is 0.100. The molecule has 100 valence electrons. The minimum absolute atomic E-state index is 0.411. The van der Waals surface area contributed by atoms with Crippen molar-refractivity contribution in [3.63, 3.8) is 0 Å². The fraction of sp³-hybridized carbons (Fsp3) is 0.286. The maximum Gasteiger partial charge on any atom is 0.248 e. The molecule has 0 fully saturated rings. The molecule has 0 radical (unpaired) electrons. The van der Waals surface area contributed by atoms with Gasteiger partial charge in [0.15, 0.2) is 0 Å². The molecule has 0 saturated heterocycles. The second-order valence-electron chi connectivity index (χ2n) is 4.24. The molecule has 0 atom stereocenters. The van der Waals surface area contributed by atoms with Gasteiger partial charge in [0.25, 0.3) is 0 Å². The number of aromatic nitrogens is 1. The molecule has 5 heteroatoms. The van der Waals surface area contributed by atoms with Gasteiger partial charge in [-0.15, -0.1) is 0 Å². The van der Waals surface area contributed by atoms with Crippen molar-refractivity contribution in [1.82, 2.24) is 10.3 Å². The summed E-state index contributed by atoms with van der Waals surface area (Å²) in [7, 11) is 0. The van der Waals surface area contributed by atoms with E-state index < -0.39 is 5.91 Å². The first kappa shape index (κ1) is 13.3. The van der Waals surface area contributed by atoms with Crippen LogP contribution in [0.1, 0.15) is 34.5 Å². The average molecular weight is 259 g/mol. The molecule has 3 N–H and O–H groups in total. The van der Waals surface area contributed by atoms with Crippen LogP contribution >= 0.6 is 0 Å². The summed E-state index contributed by atoms with van der Waals surface area (Å²) in [6.07, 6.45) is 2.60. The summed E-state index contributed by atoms with van der Waals surface area (Å²) in [5.74, 6) is 1.17. The number of nitrogens with two attached hydrogens (primary N) is 1. The van der Waals surface area contributed by atoms with Crippen LogP contribution in [-0.2, 0) is 19.5 Å². The van der Waals surface area contributed by atoms with Crippen LogP contribution in [0.3, 0.4) is 0 Å². The number of aryl methyl sites for hydroxylation is 1. The predicted molar refractivity (Wildman–Crippen MR) is 71.4 cm³/mol. The molecule has 5 nitrogen and oxygen atoms in total. The molecule has 2 aromatic rings. The maximum atomic E-state index is 10.9. The Bertz CT molecular complexity index is 546. The highest BCUT2D eigenvalue weighted by Gasteiger charge is 2.02. The lowest BCUT2D eigenvalue weighted by Crippen LogP contribution is -2.14. The average Bonchev–Trinajstić information content (AvgIpc) is 2.87.